The van der Waals surface area contributed by atoms with Gasteiger partial charge in [-0.3, -0.25) is 9.59 Å². The second-order valence-corrected chi connectivity index (χ2v) is 15.0. The third-order valence-electron chi connectivity index (χ3n) is 6.50. The summed E-state index contributed by atoms with van der Waals surface area (Å²) in [6, 6.07) is 4.92. The number of ether oxygens (including phenoxy) is 1. The minimum Gasteiger partial charge on any atom is -0.460 e. The van der Waals surface area contributed by atoms with E-state index >= 15 is 0 Å². The number of aryl methyl sites for hydroxylation is 2. The number of carbonyl (C=O) groups excluding carboxylic acids is 3. The first-order valence-corrected chi connectivity index (χ1v) is 15.3. The predicted octanol–water partition coefficient (Wildman–Crippen LogP) is 3.67. The maximum absolute atomic E-state index is 13.5. The largest absolute Gasteiger partial charge is 0.460 e. The van der Waals surface area contributed by atoms with Gasteiger partial charge in [0.2, 0.25) is 14.9 Å². The van der Waals surface area contributed by atoms with E-state index in [-0.39, 0.29) is 17.0 Å². The zero-order valence-corrected chi connectivity index (χ0v) is 26.2. The lowest BCUT2D eigenvalue weighted by atomic mass is 9.95. The van der Waals surface area contributed by atoms with E-state index in [1.54, 1.807) is 38.2 Å². The molecule has 218 valence electrons. The van der Waals surface area contributed by atoms with Crippen molar-refractivity contribution >= 4 is 87.7 Å². The highest BCUT2D eigenvalue weighted by atomic mass is 35.6. The highest BCUT2D eigenvalue weighted by Crippen LogP contribution is 2.53. The van der Waals surface area contributed by atoms with Crippen molar-refractivity contribution in [2.75, 3.05) is 12.4 Å². The normalized spacial score (nSPS) is 23.7. The van der Waals surface area contributed by atoms with Gasteiger partial charge in [-0.25, -0.2) is 9.48 Å². The van der Waals surface area contributed by atoms with Gasteiger partial charge < -0.3 is 19.5 Å². The summed E-state index contributed by atoms with van der Waals surface area (Å²) in [6.07, 6.45) is 0. The molecule has 5 rings (SSSR count). The minimum atomic E-state index is -1.83. The number of fused-ring (bicyclic) bond motifs is 1. The number of thioether (sulfide) groups is 2. The molecule has 4 atom stereocenters. The quantitative estimate of drug-likeness (QED) is 0.161. The number of alkyl halides is 3. The molecule has 1 N–H and O–H groups in total. The first-order valence-electron chi connectivity index (χ1n) is 11.9. The summed E-state index contributed by atoms with van der Waals surface area (Å²) >= 11 is 26.4. The van der Waals surface area contributed by atoms with E-state index in [0.29, 0.717) is 21.5 Å². The highest BCUT2D eigenvalue weighted by Gasteiger charge is 2.66. The number of esters is 1. The van der Waals surface area contributed by atoms with E-state index in [1.165, 1.54) is 33.1 Å². The lowest BCUT2D eigenvalue weighted by Gasteiger charge is -2.44. The number of rotatable bonds is 8. The number of nitrogens with zero attached hydrogens (tertiary/aromatic N) is 6. The van der Waals surface area contributed by atoms with Crippen LogP contribution in [-0.2, 0) is 21.4 Å². The molecule has 0 bridgehead atoms. The molecule has 2 aromatic heterocycles. The summed E-state index contributed by atoms with van der Waals surface area (Å²) in [7, 11) is 1.69. The van der Waals surface area contributed by atoms with Crippen LogP contribution in [-0.4, -0.2) is 86.4 Å². The number of nitrogens with one attached hydrogen (secondary N) is 1. The van der Waals surface area contributed by atoms with Gasteiger partial charge in [-0.1, -0.05) is 81.5 Å². The van der Waals surface area contributed by atoms with E-state index in [0.717, 1.165) is 0 Å². The molecule has 3 aromatic rings. The van der Waals surface area contributed by atoms with Gasteiger partial charge in [-0.05, 0) is 30.3 Å². The van der Waals surface area contributed by atoms with Crippen LogP contribution in [0.5, 0.6) is 0 Å². The maximum atomic E-state index is 13.5. The Morgan fingerprint density at radius 2 is 2.02 bits per heavy atom. The Hall–Kier alpha value is -2.23. The van der Waals surface area contributed by atoms with Crippen LogP contribution < -0.4 is 5.32 Å². The molecule has 0 saturated carbocycles. The minimum absolute atomic E-state index is 0.152. The lowest BCUT2D eigenvalue weighted by molar-refractivity contribution is -0.163. The van der Waals surface area contributed by atoms with Crippen LogP contribution in [0.2, 0.25) is 5.02 Å². The Kier molecular flexibility index (Phi) is 8.45. The zero-order chi connectivity index (χ0) is 29.7. The summed E-state index contributed by atoms with van der Waals surface area (Å²) in [6.45, 7) is 2.91. The Morgan fingerprint density at radius 1 is 1.29 bits per heavy atom. The third kappa shape index (κ3) is 5.87. The van der Waals surface area contributed by atoms with Crippen molar-refractivity contribution in [2.24, 2.45) is 7.05 Å². The van der Waals surface area contributed by atoms with Gasteiger partial charge in [0.15, 0.2) is 0 Å². The number of carbonyl (C=O) groups is 3. The monoisotopic (exact) mass is 679 g/mol. The van der Waals surface area contributed by atoms with Gasteiger partial charge in [0, 0.05) is 18.4 Å². The summed E-state index contributed by atoms with van der Waals surface area (Å²) in [5.74, 6) is -1.19. The molecule has 12 nitrogen and oxygen atoms in total. The van der Waals surface area contributed by atoms with Crippen molar-refractivity contribution in [1.82, 2.24) is 35.6 Å². The fraction of sp³-hybridized carbons (Fsp3) is 0.435. The van der Waals surface area contributed by atoms with Crippen LogP contribution in [0.25, 0.3) is 11.3 Å². The van der Waals surface area contributed by atoms with E-state index in [2.05, 4.69) is 26.0 Å². The smallest absolute Gasteiger partial charge is 0.330 e. The van der Waals surface area contributed by atoms with Crippen molar-refractivity contribution in [2.45, 2.75) is 45.0 Å². The zero-order valence-electron chi connectivity index (χ0n) is 21.5. The molecule has 2 aliphatic rings. The van der Waals surface area contributed by atoms with E-state index < -0.39 is 50.4 Å². The second kappa shape index (κ2) is 11.5. The Labute approximate surface area is 262 Å². The van der Waals surface area contributed by atoms with Crippen LogP contribution in [0.3, 0.4) is 0 Å². The van der Waals surface area contributed by atoms with Crippen molar-refractivity contribution in [1.29, 1.82) is 0 Å². The second-order valence-electron chi connectivity index (χ2n) is 9.46. The molecular formula is C23H21Cl4N7O5S2. The molecular weight excluding hydrogens is 660 g/mol. The van der Waals surface area contributed by atoms with Crippen LogP contribution >= 0.6 is 69.9 Å². The van der Waals surface area contributed by atoms with Crippen LogP contribution in [0, 0.1) is 6.92 Å². The van der Waals surface area contributed by atoms with Gasteiger partial charge >= 0.3 is 5.97 Å². The average Bonchev–Trinajstić information content (AvgIpc) is 3.58. The van der Waals surface area contributed by atoms with Crippen molar-refractivity contribution < 1.29 is 23.6 Å². The Bertz CT molecular complexity index is 1520. The summed E-state index contributed by atoms with van der Waals surface area (Å²) in [5.41, 5.74) is 0.909. The highest BCUT2D eigenvalue weighted by molar-refractivity contribution is 8.04. The van der Waals surface area contributed by atoms with Crippen molar-refractivity contribution in [3.63, 3.8) is 0 Å². The van der Waals surface area contributed by atoms with Crippen LogP contribution in [0.1, 0.15) is 23.0 Å². The van der Waals surface area contributed by atoms with Gasteiger partial charge in [0.05, 0.1) is 9.77 Å². The molecule has 2 saturated heterocycles. The van der Waals surface area contributed by atoms with E-state index in [4.69, 9.17) is 55.7 Å². The number of hydrogen-bond donors (Lipinski definition) is 1. The van der Waals surface area contributed by atoms with Crippen molar-refractivity contribution in [3.8, 4) is 11.3 Å². The molecule has 0 spiro atoms. The molecule has 1 aromatic carbocycles. The fourth-order valence-electron chi connectivity index (χ4n) is 4.60. The van der Waals surface area contributed by atoms with Gasteiger partial charge in [-0.15, -0.1) is 16.9 Å². The van der Waals surface area contributed by atoms with Gasteiger partial charge in [0.1, 0.15) is 41.1 Å². The molecule has 0 radical (unpaired) electrons. The predicted molar refractivity (Wildman–Crippen MR) is 154 cm³/mol. The number of β-lactam (4-membered cyclic amide) rings is 1. The molecule has 2 amide bonds. The first kappa shape index (κ1) is 30.2. The van der Waals surface area contributed by atoms with Gasteiger partial charge in [0.25, 0.3) is 5.91 Å². The summed E-state index contributed by atoms with van der Waals surface area (Å²) < 4.78 is 9.38. The Balaban J connectivity index is 1.38. The molecule has 3 unspecified atom stereocenters. The molecule has 41 heavy (non-hydrogen) atoms. The maximum Gasteiger partial charge on any atom is 0.330 e. The van der Waals surface area contributed by atoms with Crippen molar-refractivity contribution in [3.05, 3.63) is 40.6 Å². The van der Waals surface area contributed by atoms with Crippen LogP contribution in [0.15, 0.2) is 33.9 Å². The molecule has 2 fully saturated rings. The number of halogens is 4. The third-order valence-corrected chi connectivity index (χ3v) is 10.3. The average molecular weight is 681 g/mol. The van der Waals surface area contributed by atoms with E-state index in [1.807, 2.05) is 6.92 Å². The van der Waals surface area contributed by atoms with Gasteiger partial charge in [-0.2, -0.15) is 0 Å². The lowest BCUT2D eigenvalue weighted by Crippen LogP contribution is -2.71. The number of hydrogen-bond acceptors (Lipinski definition) is 11. The molecule has 0 aliphatic carbocycles. The number of amides is 2. The van der Waals surface area contributed by atoms with Crippen LogP contribution in [0.4, 0.5) is 0 Å². The van der Waals surface area contributed by atoms with E-state index in [9.17, 15) is 14.4 Å². The number of aromatic nitrogens is 5. The standard InChI is InChI=1S/C23H21Cl4N7O5S2/c1-10-13(14(30-39-10)11-6-4-5-7-12(11)24)17(35)28-15-18(36)34-16(20(37)38-8-23(25,26)27)22(2,41-19(15)34)9-40-21-29-31-32-33(21)3/h4-7,15-16,19H,8-9H2,1-3H3,(H,28,35)/t15?,16?,19-,22?/m1/s1. The Morgan fingerprint density at radius 3 is 2.68 bits per heavy atom. The fourth-order valence-corrected chi connectivity index (χ4v) is 7.88. The number of tetrazole rings is 1. The topological polar surface area (TPSA) is 145 Å². The molecule has 18 heteroatoms. The molecule has 4 heterocycles. The summed E-state index contributed by atoms with van der Waals surface area (Å²) in [4.78, 5) is 41.6. The summed E-state index contributed by atoms with van der Waals surface area (Å²) in [5, 5.41) is 18.6. The SMILES string of the molecule is Cc1onc(-c2ccccc2Cl)c1C(=O)NC1C(=O)N2C(C(=O)OCC(Cl)(Cl)Cl)C(C)(CSc3nnnn3C)S[C@H]12. The molecule has 2 aliphatic heterocycles. The number of benzene rings is 1. The first-order chi connectivity index (χ1) is 19.3.